The number of benzene rings is 1. The third kappa shape index (κ3) is 4.63. The molecule has 0 saturated carbocycles. The maximum atomic E-state index is 12.4. The van der Waals surface area contributed by atoms with Gasteiger partial charge in [0, 0.05) is 26.1 Å². The Morgan fingerprint density at radius 2 is 1.92 bits per heavy atom. The van der Waals surface area contributed by atoms with E-state index >= 15 is 0 Å². The summed E-state index contributed by atoms with van der Waals surface area (Å²) in [7, 11) is -2.00. The maximum Gasteiger partial charge on any atom is 0.232 e. The Morgan fingerprint density at radius 3 is 2.50 bits per heavy atom. The second-order valence-electron chi connectivity index (χ2n) is 6.20. The van der Waals surface area contributed by atoms with E-state index in [4.69, 9.17) is 4.74 Å². The van der Waals surface area contributed by atoms with Crippen molar-refractivity contribution in [1.82, 2.24) is 4.90 Å². The van der Waals surface area contributed by atoms with Gasteiger partial charge in [0.05, 0.1) is 19.1 Å². The number of carbonyl (C=O) groups is 1. The summed E-state index contributed by atoms with van der Waals surface area (Å²) in [6.07, 6.45) is 4.52. The average Bonchev–Trinajstić information content (AvgIpc) is 2.54. The molecule has 6 nitrogen and oxygen atoms in total. The Morgan fingerprint density at radius 1 is 1.25 bits per heavy atom. The molecule has 0 atom stereocenters. The molecule has 1 aromatic rings. The number of anilines is 1. The van der Waals surface area contributed by atoms with Crippen LogP contribution in [0.1, 0.15) is 31.2 Å². The minimum Gasteiger partial charge on any atom is -0.495 e. The number of ether oxygens (including phenoxy) is 1. The largest absolute Gasteiger partial charge is 0.495 e. The van der Waals surface area contributed by atoms with Crippen LogP contribution in [0.3, 0.4) is 0 Å². The first kappa shape index (κ1) is 18.6. The molecule has 1 amide bonds. The summed E-state index contributed by atoms with van der Waals surface area (Å²) in [6, 6.07) is 5.38. The van der Waals surface area contributed by atoms with Gasteiger partial charge in [-0.05, 0) is 43.9 Å². The molecule has 1 aliphatic heterocycles. The van der Waals surface area contributed by atoms with Gasteiger partial charge in [-0.15, -0.1) is 0 Å². The average molecular weight is 354 g/mol. The minimum atomic E-state index is -3.51. The van der Waals surface area contributed by atoms with Crippen LogP contribution >= 0.6 is 0 Å². The van der Waals surface area contributed by atoms with Crippen molar-refractivity contribution in [3.8, 4) is 5.75 Å². The Kier molecular flexibility index (Phi) is 6.10. The molecule has 0 N–H and O–H groups in total. The molecule has 1 aromatic carbocycles. The molecule has 0 unspecified atom stereocenters. The molecular weight excluding hydrogens is 328 g/mol. The molecule has 134 valence electrons. The fourth-order valence-corrected chi connectivity index (χ4v) is 3.88. The Balaban J connectivity index is 2.18. The molecule has 1 fully saturated rings. The first-order valence-corrected chi connectivity index (χ1v) is 10.1. The van der Waals surface area contributed by atoms with Crippen LogP contribution in [0.15, 0.2) is 18.2 Å². The highest BCUT2D eigenvalue weighted by molar-refractivity contribution is 7.92. The van der Waals surface area contributed by atoms with E-state index < -0.39 is 10.0 Å². The van der Waals surface area contributed by atoms with E-state index in [9.17, 15) is 13.2 Å². The lowest BCUT2D eigenvalue weighted by Gasteiger charge is -2.29. The SMILES string of the molecule is COc1ccc(C)cc1N(CCC(=O)N1CCCCC1)S(C)(=O)=O. The summed E-state index contributed by atoms with van der Waals surface area (Å²) >= 11 is 0. The topological polar surface area (TPSA) is 66.9 Å². The molecule has 1 saturated heterocycles. The zero-order valence-electron chi connectivity index (χ0n) is 14.6. The summed E-state index contributed by atoms with van der Waals surface area (Å²) in [4.78, 5) is 14.2. The van der Waals surface area contributed by atoms with Crippen LogP contribution < -0.4 is 9.04 Å². The molecule has 1 aliphatic rings. The van der Waals surface area contributed by atoms with Crippen LogP contribution in [0.5, 0.6) is 5.75 Å². The number of piperidine rings is 1. The van der Waals surface area contributed by atoms with Gasteiger partial charge in [0.15, 0.2) is 0 Å². The first-order valence-electron chi connectivity index (χ1n) is 8.23. The lowest BCUT2D eigenvalue weighted by Crippen LogP contribution is -2.39. The predicted octanol–water partition coefficient (Wildman–Crippen LogP) is 2.17. The van der Waals surface area contributed by atoms with Crippen LogP contribution in [0, 0.1) is 6.92 Å². The summed E-state index contributed by atoms with van der Waals surface area (Å²) in [6.45, 7) is 3.55. The molecular formula is C17H26N2O4S. The number of carbonyl (C=O) groups excluding carboxylic acids is 1. The number of nitrogens with zero attached hydrogens (tertiary/aromatic N) is 2. The predicted molar refractivity (Wildman–Crippen MR) is 95.0 cm³/mol. The Bertz CT molecular complexity index is 682. The molecule has 0 aliphatic carbocycles. The van der Waals surface area contributed by atoms with E-state index in [1.54, 1.807) is 12.1 Å². The van der Waals surface area contributed by atoms with E-state index in [0.29, 0.717) is 11.4 Å². The lowest BCUT2D eigenvalue weighted by molar-refractivity contribution is -0.131. The second kappa shape index (κ2) is 7.88. The number of methoxy groups -OCH3 is 1. The highest BCUT2D eigenvalue weighted by Gasteiger charge is 2.24. The van der Waals surface area contributed by atoms with E-state index in [1.807, 2.05) is 17.9 Å². The van der Waals surface area contributed by atoms with Crippen molar-refractivity contribution in [2.45, 2.75) is 32.6 Å². The van der Waals surface area contributed by atoms with Crippen molar-refractivity contribution in [3.63, 3.8) is 0 Å². The van der Waals surface area contributed by atoms with Gasteiger partial charge in [-0.25, -0.2) is 8.42 Å². The van der Waals surface area contributed by atoms with Crippen molar-refractivity contribution >= 4 is 21.6 Å². The van der Waals surface area contributed by atoms with Gasteiger partial charge < -0.3 is 9.64 Å². The third-order valence-corrected chi connectivity index (χ3v) is 5.42. The highest BCUT2D eigenvalue weighted by Crippen LogP contribution is 2.31. The Labute approximate surface area is 144 Å². The van der Waals surface area contributed by atoms with Crippen molar-refractivity contribution < 1.29 is 17.9 Å². The first-order chi connectivity index (χ1) is 11.3. The van der Waals surface area contributed by atoms with Crippen molar-refractivity contribution in [3.05, 3.63) is 23.8 Å². The van der Waals surface area contributed by atoms with Gasteiger partial charge in [-0.1, -0.05) is 6.07 Å². The van der Waals surface area contributed by atoms with Crippen LogP contribution in [0.2, 0.25) is 0 Å². The molecule has 0 bridgehead atoms. The quantitative estimate of drug-likeness (QED) is 0.785. The van der Waals surface area contributed by atoms with E-state index in [0.717, 1.165) is 44.2 Å². The zero-order chi connectivity index (χ0) is 17.7. The number of likely N-dealkylation sites (tertiary alicyclic amines) is 1. The molecule has 1 heterocycles. The molecule has 0 spiro atoms. The van der Waals surface area contributed by atoms with Gasteiger partial charge >= 0.3 is 0 Å². The van der Waals surface area contributed by atoms with Crippen molar-refractivity contribution in [2.24, 2.45) is 0 Å². The number of hydrogen-bond donors (Lipinski definition) is 0. The van der Waals surface area contributed by atoms with Gasteiger partial charge in [-0.3, -0.25) is 9.10 Å². The number of rotatable bonds is 6. The normalized spacial score (nSPS) is 15.2. The zero-order valence-corrected chi connectivity index (χ0v) is 15.4. The maximum absolute atomic E-state index is 12.4. The fourth-order valence-electron chi connectivity index (χ4n) is 2.96. The van der Waals surface area contributed by atoms with Crippen LogP contribution in [-0.2, 0) is 14.8 Å². The molecule has 0 radical (unpaired) electrons. The van der Waals surface area contributed by atoms with Crippen LogP contribution in [0.25, 0.3) is 0 Å². The van der Waals surface area contributed by atoms with Gasteiger partial charge in [0.25, 0.3) is 0 Å². The second-order valence-corrected chi connectivity index (χ2v) is 8.11. The van der Waals surface area contributed by atoms with Crippen LogP contribution in [-0.4, -0.2) is 52.2 Å². The van der Waals surface area contributed by atoms with Crippen LogP contribution in [0.4, 0.5) is 5.69 Å². The third-order valence-electron chi connectivity index (χ3n) is 4.24. The smallest absolute Gasteiger partial charge is 0.232 e. The number of amides is 1. The standard InChI is InChI=1S/C17H26N2O4S/c1-14-7-8-16(23-2)15(13-14)19(24(3,21)22)12-9-17(20)18-10-5-4-6-11-18/h7-8,13H,4-6,9-12H2,1-3H3. The molecule has 0 aromatic heterocycles. The highest BCUT2D eigenvalue weighted by atomic mass is 32.2. The molecule has 24 heavy (non-hydrogen) atoms. The fraction of sp³-hybridized carbons (Fsp3) is 0.588. The monoisotopic (exact) mass is 354 g/mol. The van der Waals surface area contributed by atoms with E-state index in [2.05, 4.69) is 0 Å². The molecule has 7 heteroatoms. The van der Waals surface area contributed by atoms with Crippen molar-refractivity contribution in [2.75, 3.05) is 37.3 Å². The van der Waals surface area contributed by atoms with E-state index in [-0.39, 0.29) is 18.9 Å². The Hall–Kier alpha value is -1.76. The summed E-state index contributed by atoms with van der Waals surface area (Å²) in [5, 5.41) is 0. The molecule has 2 rings (SSSR count). The lowest BCUT2D eigenvalue weighted by atomic mass is 10.1. The summed E-state index contributed by atoms with van der Waals surface area (Å²) in [5.74, 6) is 0.492. The van der Waals surface area contributed by atoms with Gasteiger partial charge in [0.2, 0.25) is 15.9 Å². The minimum absolute atomic E-state index is 0.00923. The van der Waals surface area contributed by atoms with Crippen molar-refractivity contribution in [1.29, 1.82) is 0 Å². The summed E-state index contributed by atoms with van der Waals surface area (Å²) in [5.41, 5.74) is 1.41. The number of sulfonamides is 1. The van der Waals surface area contributed by atoms with E-state index in [1.165, 1.54) is 11.4 Å². The van der Waals surface area contributed by atoms with Gasteiger partial charge in [0.1, 0.15) is 5.75 Å². The number of hydrogen-bond acceptors (Lipinski definition) is 4. The van der Waals surface area contributed by atoms with Gasteiger partial charge in [-0.2, -0.15) is 0 Å². The summed E-state index contributed by atoms with van der Waals surface area (Å²) < 4.78 is 31.1. The number of aryl methyl sites for hydroxylation is 1.